The van der Waals surface area contributed by atoms with Gasteiger partial charge in [-0.3, -0.25) is 4.79 Å². The number of aliphatic hydroxyl groups is 1. The Labute approximate surface area is 73.4 Å². The molecule has 0 aliphatic rings. The summed E-state index contributed by atoms with van der Waals surface area (Å²) in [6.45, 7) is 3.97. The lowest BCUT2D eigenvalue weighted by Gasteiger charge is -2.16. The maximum atomic E-state index is 10.2. The van der Waals surface area contributed by atoms with Crippen molar-refractivity contribution in [3.63, 3.8) is 0 Å². The summed E-state index contributed by atoms with van der Waals surface area (Å²) in [5.74, 6) is -0.827. The molecule has 0 saturated heterocycles. The standard InChI is InChI=1S/C9H18O3/c1-3-4-5-7(2)8(10)6-9(11)12/h7-8,10H,3-6H2,1-2H3,(H,11,12)/t7-,8-/m0/s1. The molecule has 0 spiro atoms. The van der Waals surface area contributed by atoms with Gasteiger partial charge in [0.15, 0.2) is 0 Å². The summed E-state index contributed by atoms with van der Waals surface area (Å²) in [4.78, 5) is 10.2. The van der Waals surface area contributed by atoms with Gasteiger partial charge in [-0.1, -0.05) is 26.7 Å². The minimum absolute atomic E-state index is 0.0982. The molecule has 12 heavy (non-hydrogen) atoms. The number of aliphatic carboxylic acids is 1. The van der Waals surface area contributed by atoms with Crippen LogP contribution < -0.4 is 0 Å². The van der Waals surface area contributed by atoms with Crippen LogP contribution in [0.3, 0.4) is 0 Å². The Morgan fingerprint density at radius 2 is 2.08 bits per heavy atom. The first-order chi connectivity index (χ1) is 5.57. The lowest BCUT2D eigenvalue weighted by Crippen LogP contribution is -2.21. The highest BCUT2D eigenvalue weighted by molar-refractivity contribution is 5.67. The number of hydrogen-bond acceptors (Lipinski definition) is 2. The summed E-state index contributed by atoms with van der Waals surface area (Å²) in [7, 11) is 0. The number of carbonyl (C=O) groups is 1. The van der Waals surface area contributed by atoms with Crippen molar-refractivity contribution >= 4 is 5.97 Å². The second-order valence-corrected chi connectivity index (χ2v) is 3.28. The molecular formula is C9H18O3. The molecule has 0 aromatic heterocycles. The Bertz CT molecular complexity index is 134. The molecule has 0 bridgehead atoms. The molecule has 0 fully saturated rings. The normalized spacial score (nSPS) is 15.6. The van der Waals surface area contributed by atoms with Crippen LogP contribution in [0.4, 0.5) is 0 Å². The molecule has 0 saturated carbocycles. The van der Waals surface area contributed by atoms with E-state index in [4.69, 9.17) is 5.11 Å². The third-order valence-electron chi connectivity index (χ3n) is 2.05. The Hall–Kier alpha value is -0.570. The van der Waals surface area contributed by atoms with Crippen molar-refractivity contribution in [2.24, 2.45) is 5.92 Å². The summed E-state index contributed by atoms with van der Waals surface area (Å²) >= 11 is 0. The minimum Gasteiger partial charge on any atom is -0.481 e. The van der Waals surface area contributed by atoms with E-state index in [1.165, 1.54) is 0 Å². The Balaban J connectivity index is 3.60. The van der Waals surface area contributed by atoms with Crippen molar-refractivity contribution in [1.82, 2.24) is 0 Å². The van der Waals surface area contributed by atoms with Gasteiger partial charge in [-0.05, 0) is 12.3 Å². The van der Waals surface area contributed by atoms with E-state index in [0.717, 1.165) is 19.3 Å². The van der Waals surface area contributed by atoms with Gasteiger partial charge in [-0.2, -0.15) is 0 Å². The van der Waals surface area contributed by atoms with Gasteiger partial charge >= 0.3 is 5.97 Å². The highest BCUT2D eigenvalue weighted by Crippen LogP contribution is 2.14. The van der Waals surface area contributed by atoms with E-state index in [0.29, 0.717) is 0 Å². The Kier molecular flexibility index (Phi) is 5.72. The van der Waals surface area contributed by atoms with Crippen LogP contribution in [0.25, 0.3) is 0 Å². The number of unbranched alkanes of at least 4 members (excludes halogenated alkanes) is 1. The minimum atomic E-state index is -0.925. The quantitative estimate of drug-likeness (QED) is 0.643. The fraction of sp³-hybridized carbons (Fsp3) is 0.889. The van der Waals surface area contributed by atoms with Crippen molar-refractivity contribution < 1.29 is 15.0 Å². The van der Waals surface area contributed by atoms with Crippen LogP contribution >= 0.6 is 0 Å². The molecule has 2 N–H and O–H groups in total. The molecule has 3 nitrogen and oxygen atoms in total. The van der Waals surface area contributed by atoms with Gasteiger partial charge in [0.05, 0.1) is 12.5 Å². The van der Waals surface area contributed by atoms with E-state index in [9.17, 15) is 9.90 Å². The van der Waals surface area contributed by atoms with Crippen molar-refractivity contribution in [3.05, 3.63) is 0 Å². The van der Waals surface area contributed by atoms with Gasteiger partial charge in [0.2, 0.25) is 0 Å². The van der Waals surface area contributed by atoms with Crippen molar-refractivity contribution in [2.45, 2.75) is 45.6 Å². The molecular weight excluding hydrogens is 156 g/mol. The van der Waals surface area contributed by atoms with Crippen LogP contribution in [-0.2, 0) is 4.79 Å². The third-order valence-corrected chi connectivity index (χ3v) is 2.05. The van der Waals surface area contributed by atoms with E-state index >= 15 is 0 Å². The topological polar surface area (TPSA) is 57.5 Å². The first-order valence-electron chi connectivity index (χ1n) is 4.47. The first-order valence-corrected chi connectivity index (χ1v) is 4.47. The van der Waals surface area contributed by atoms with Gasteiger partial charge in [0, 0.05) is 0 Å². The highest BCUT2D eigenvalue weighted by Gasteiger charge is 2.16. The van der Waals surface area contributed by atoms with Gasteiger partial charge < -0.3 is 10.2 Å². The molecule has 72 valence electrons. The summed E-state index contributed by atoms with van der Waals surface area (Å²) in [6, 6.07) is 0. The average Bonchev–Trinajstić information content (AvgIpc) is 1.98. The molecule has 0 aliphatic heterocycles. The largest absolute Gasteiger partial charge is 0.481 e. The lowest BCUT2D eigenvalue weighted by molar-refractivity contribution is -0.139. The molecule has 0 amide bonds. The zero-order valence-electron chi connectivity index (χ0n) is 7.79. The lowest BCUT2D eigenvalue weighted by atomic mass is 9.96. The van der Waals surface area contributed by atoms with Gasteiger partial charge in [-0.25, -0.2) is 0 Å². The maximum absolute atomic E-state index is 10.2. The van der Waals surface area contributed by atoms with Crippen LogP contribution in [0.5, 0.6) is 0 Å². The van der Waals surface area contributed by atoms with Crippen LogP contribution in [0.2, 0.25) is 0 Å². The van der Waals surface area contributed by atoms with Gasteiger partial charge in [0.1, 0.15) is 0 Å². The molecule has 0 heterocycles. The summed E-state index contributed by atoms with van der Waals surface area (Å²) in [6.07, 6.45) is 2.23. The number of carboxylic acid groups (broad SMARTS) is 1. The third kappa shape index (κ3) is 5.13. The molecule has 0 radical (unpaired) electrons. The highest BCUT2D eigenvalue weighted by atomic mass is 16.4. The smallest absolute Gasteiger partial charge is 0.305 e. The number of hydrogen-bond donors (Lipinski definition) is 2. The first kappa shape index (κ1) is 11.4. The molecule has 0 aromatic rings. The Morgan fingerprint density at radius 1 is 1.50 bits per heavy atom. The predicted molar refractivity (Wildman–Crippen MR) is 46.9 cm³/mol. The Morgan fingerprint density at radius 3 is 2.50 bits per heavy atom. The zero-order valence-corrected chi connectivity index (χ0v) is 7.79. The number of rotatable bonds is 6. The van der Waals surface area contributed by atoms with E-state index in [2.05, 4.69) is 6.92 Å². The molecule has 0 aliphatic carbocycles. The van der Waals surface area contributed by atoms with E-state index in [-0.39, 0.29) is 12.3 Å². The van der Waals surface area contributed by atoms with E-state index in [1.807, 2.05) is 6.92 Å². The van der Waals surface area contributed by atoms with E-state index < -0.39 is 12.1 Å². The van der Waals surface area contributed by atoms with Crippen LogP contribution in [0.1, 0.15) is 39.5 Å². The van der Waals surface area contributed by atoms with Crippen LogP contribution in [0, 0.1) is 5.92 Å². The number of aliphatic hydroxyl groups excluding tert-OH is 1. The van der Waals surface area contributed by atoms with Gasteiger partial charge in [-0.15, -0.1) is 0 Å². The molecule has 0 rings (SSSR count). The summed E-state index contributed by atoms with van der Waals surface area (Å²) in [5, 5.41) is 17.7. The molecule has 3 heteroatoms. The van der Waals surface area contributed by atoms with Gasteiger partial charge in [0.25, 0.3) is 0 Å². The van der Waals surface area contributed by atoms with Crippen molar-refractivity contribution in [3.8, 4) is 0 Å². The maximum Gasteiger partial charge on any atom is 0.305 e. The average molecular weight is 174 g/mol. The fourth-order valence-corrected chi connectivity index (χ4v) is 1.10. The molecule has 0 aromatic carbocycles. The van der Waals surface area contributed by atoms with Crippen molar-refractivity contribution in [2.75, 3.05) is 0 Å². The van der Waals surface area contributed by atoms with Crippen LogP contribution in [0.15, 0.2) is 0 Å². The van der Waals surface area contributed by atoms with Crippen molar-refractivity contribution in [1.29, 1.82) is 0 Å². The van der Waals surface area contributed by atoms with Crippen LogP contribution in [-0.4, -0.2) is 22.3 Å². The zero-order chi connectivity index (χ0) is 9.56. The second-order valence-electron chi connectivity index (χ2n) is 3.28. The summed E-state index contributed by atoms with van der Waals surface area (Å²) in [5.41, 5.74) is 0. The molecule has 2 atom stereocenters. The summed E-state index contributed by atoms with van der Waals surface area (Å²) < 4.78 is 0. The SMILES string of the molecule is CCCC[C@H](C)[C@@H](O)CC(=O)O. The monoisotopic (exact) mass is 174 g/mol. The second kappa shape index (κ2) is 6.00. The van der Waals surface area contributed by atoms with E-state index in [1.54, 1.807) is 0 Å². The predicted octanol–water partition coefficient (Wildman–Crippen LogP) is 1.65. The molecule has 0 unspecified atom stereocenters. The fourth-order valence-electron chi connectivity index (χ4n) is 1.10. The number of carboxylic acids is 1.